The highest BCUT2D eigenvalue weighted by molar-refractivity contribution is 5.07. The van der Waals surface area contributed by atoms with Crippen LogP contribution in [0.4, 0.5) is 0 Å². The van der Waals surface area contributed by atoms with Gasteiger partial charge >= 0.3 is 0 Å². The van der Waals surface area contributed by atoms with Crippen molar-refractivity contribution in [3.63, 3.8) is 0 Å². The Morgan fingerprint density at radius 1 is 1.42 bits per heavy atom. The molecule has 0 aromatic carbocycles. The van der Waals surface area contributed by atoms with E-state index in [4.69, 9.17) is 9.52 Å². The summed E-state index contributed by atoms with van der Waals surface area (Å²) in [5.74, 6) is 1.88. The van der Waals surface area contributed by atoms with Gasteiger partial charge in [-0.15, -0.1) is 0 Å². The average molecular weight is 168 g/mol. The molecule has 1 rings (SSSR count). The molecule has 0 aliphatic rings. The molecule has 68 valence electrons. The van der Waals surface area contributed by atoms with Crippen LogP contribution in [0.25, 0.3) is 0 Å². The molecule has 2 heteroatoms. The van der Waals surface area contributed by atoms with Crippen molar-refractivity contribution in [3.8, 4) is 0 Å². The lowest BCUT2D eigenvalue weighted by atomic mass is 9.89. The van der Waals surface area contributed by atoms with Crippen LogP contribution in [0.15, 0.2) is 16.5 Å². The van der Waals surface area contributed by atoms with Crippen molar-refractivity contribution in [2.45, 2.75) is 27.2 Å². The van der Waals surface area contributed by atoms with Crippen LogP contribution >= 0.6 is 0 Å². The molecule has 1 aromatic rings. The molecule has 1 N–H and O–H groups in total. The van der Waals surface area contributed by atoms with Gasteiger partial charge in [0.25, 0.3) is 0 Å². The van der Waals surface area contributed by atoms with Crippen LogP contribution in [0.2, 0.25) is 0 Å². The molecule has 1 aromatic heterocycles. The minimum Gasteiger partial charge on any atom is -0.466 e. The molecule has 0 fully saturated rings. The van der Waals surface area contributed by atoms with E-state index < -0.39 is 0 Å². The summed E-state index contributed by atoms with van der Waals surface area (Å²) in [5, 5.41) is 9.02. The summed E-state index contributed by atoms with van der Waals surface area (Å²) in [5.41, 5.74) is -0.0791. The van der Waals surface area contributed by atoms with E-state index in [1.165, 1.54) is 0 Å². The molecule has 0 saturated heterocycles. The first-order valence-corrected chi connectivity index (χ1v) is 4.20. The summed E-state index contributed by atoms with van der Waals surface area (Å²) in [4.78, 5) is 0. The Bertz CT molecular complexity index is 248. The Balaban J connectivity index is 2.63. The van der Waals surface area contributed by atoms with Gasteiger partial charge in [0.2, 0.25) is 0 Å². The topological polar surface area (TPSA) is 33.4 Å². The molecule has 0 saturated carbocycles. The van der Waals surface area contributed by atoms with Crippen LogP contribution in [0.5, 0.6) is 0 Å². The normalized spacial score (nSPS) is 12.0. The van der Waals surface area contributed by atoms with Gasteiger partial charge in [0, 0.05) is 13.0 Å². The fraction of sp³-hybridized carbons (Fsp3) is 0.600. The van der Waals surface area contributed by atoms with E-state index in [1.54, 1.807) is 0 Å². The van der Waals surface area contributed by atoms with Crippen LogP contribution in [0.3, 0.4) is 0 Å². The van der Waals surface area contributed by atoms with Crippen molar-refractivity contribution in [1.82, 2.24) is 0 Å². The molecular formula is C10H16O2. The molecule has 0 amide bonds. The highest BCUT2D eigenvalue weighted by Crippen LogP contribution is 2.21. The van der Waals surface area contributed by atoms with Gasteiger partial charge in [0.1, 0.15) is 11.5 Å². The largest absolute Gasteiger partial charge is 0.466 e. The standard InChI is InChI=1S/C10H16O2/c1-8-4-5-9(12-8)6-10(2,3)7-11/h4-5,11H,6-7H2,1-3H3. The SMILES string of the molecule is Cc1ccc(CC(C)(C)CO)o1. The first kappa shape index (κ1) is 9.33. The summed E-state index contributed by atoms with van der Waals surface area (Å²) in [7, 11) is 0. The van der Waals surface area contributed by atoms with Gasteiger partial charge in [-0.2, -0.15) is 0 Å². The van der Waals surface area contributed by atoms with Crippen molar-refractivity contribution in [1.29, 1.82) is 0 Å². The second kappa shape index (κ2) is 3.31. The fourth-order valence-electron chi connectivity index (χ4n) is 1.11. The van der Waals surface area contributed by atoms with Crippen molar-refractivity contribution < 1.29 is 9.52 Å². The molecule has 0 aliphatic carbocycles. The number of hydrogen-bond donors (Lipinski definition) is 1. The number of hydrogen-bond acceptors (Lipinski definition) is 2. The zero-order valence-corrected chi connectivity index (χ0v) is 7.92. The van der Waals surface area contributed by atoms with E-state index in [0.29, 0.717) is 0 Å². The minimum absolute atomic E-state index is 0.0791. The quantitative estimate of drug-likeness (QED) is 0.750. The maximum absolute atomic E-state index is 9.02. The zero-order valence-electron chi connectivity index (χ0n) is 7.92. The zero-order chi connectivity index (χ0) is 9.19. The monoisotopic (exact) mass is 168 g/mol. The molecule has 0 bridgehead atoms. The molecule has 0 spiro atoms. The molecule has 1 heterocycles. The van der Waals surface area contributed by atoms with Gasteiger partial charge in [-0.3, -0.25) is 0 Å². The fourth-order valence-corrected chi connectivity index (χ4v) is 1.11. The summed E-state index contributed by atoms with van der Waals surface area (Å²) in [6, 6.07) is 3.91. The van der Waals surface area contributed by atoms with Gasteiger partial charge in [-0.1, -0.05) is 13.8 Å². The highest BCUT2D eigenvalue weighted by atomic mass is 16.3. The number of rotatable bonds is 3. The third kappa shape index (κ3) is 2.38. The maximum Gasteiger partial charge on any atom is 0.104 e. The molecular weight excluding hydrogens is 152 g/mol. The molecule has 0 unspecified atom stereocenters. The van der Waals surface area contributed by atoms with E-state index in [2.05, 4.69) is 0 Å². The first-order chi connectivity index (χ1) is 5.53. The van der Waals surface area contributed by atoms with Crippen LogP contribution < -0.4 is 0 Å². The Labute approximate surface area is 73.2 Å². The third-order valence-corrected chi connectivity index (χ3v) is 1.88. The predicted molar refractivity (Wildman–Crippen MR) is 48.0 cm³/mol. The van der Waals surface area contributed by atoms with Gasteiger partial charge < -0.3 is 9.52 Å². The molecule has 0 aliphatic heterocycles. The van der Waals surface area contributed by atoms with Crippen LogP contribution in [0.1, 0.15) is 25.4 Å². The predicted octanol–water partition coefficient (Wildman–Crippen LogP) is 2.15. The van der Waals surface area contributed by atoms with Crippen molar-refractivity contribution in [2.75, 3.05) is 6.61 Å². The van der Waals surface area contributed by atoms with E-state index in [1.807, 2.05) is 32.9 Å². The van der Waals surface area contributed by atoms with Crippen molar-refractivity contribution >= 4 is 0 Å². The lowest BCUT2D eigenvalue weighted by molar-refractivity contribution is 0.153. The second-order valence-electron chi connectivity index (χ2n) is 4.01. The highest BCUT2D eigenvalue weighted by Gasteiger charge is 2.18. The van der Waals surface area contributed by atoms with E-state index in [-0.39, 0.29) is 12.0 Å². The maximum atomic E-state index is 9.02. The van der Waals surface area contributed by atoms with Crippen LogP contribution in [-0.2, 0) is 6.42 Å². The number of furan rings is 1. The third-order valence-electron chi connectivity index (χ3n) is 1.88. The summed E-state index contributed by atoms with van der Waals surface area (Å²) in [6.07, 6.45) is 0.789. The summed E-state index contributed by atoms with van der Waals surface area (Å²) < 4.78 is 5.41. The Kier molecular flexibility index (Phi) is 2.58. The minimum atomic E-state index is -0.0791. The van der Waals surface area contributed by atoms with Gasteiger partial charge in [-0.25, -0.2) is 0 Å². The first-order valence-electron chi connectivity index (χ1n) is 4.20. The van der Waals surface area contributed by atoms with Crippen LogP contribution in [0, 0.1) is 12.3 Å². The summed E-state index contributed by atoms with van der Waals surface area (Å²) >= 11 is 0. The Hall–Kier alpha value is -0.760. The second-order valence-corrected chi connectivity index (χ2v) is 4.01. The smallest absolute Gasteiger partial charge is 0.104 e. The Morgan fingerprint density at radius 3 is 2.50 bits per heavy atom. The molecule has 0 radical (unpaired) electrons. The van der Waals surface area contributed by atoms with Crippen molar-refractivity contribution in [3.05, 3.63) is 23.7 Å². The van der Waals surface area contributed by atoms with E-state index in [0.717, 1.165) is 17.9 Å². The Morgan fingerprint density at radius 2 is 2.08 bits per heavy atom. The summed E-state index contributed by atoms with van der Waals surface area (Å²) in [6.45, 7) is 6.15. The lowest BCUT2D eigenvalue weighted by Crippen LogP contribution is -2.19. The van der Waals surface area contributed by atoms with E-state index >= 15 is 0 Å². The average Bonchev–Trinajstić information content (AvgIpc) is 2.35. The van der Waals surface area contributed by atoms with Gasteiger partial charge in [0.15, 0.2) is 0 Å². The number of aliphatic hydroxyl groups excluding tert-OH is 1. The van der Waals surface area contributed by atoms with Gasteiger partial charge in [0.05, 0.1) is 0 Å². The molecule has 0 atom stereocenters. The molecule has 12 heavy (non-hydrogen) atoms. The number of aryl methyl sites for hydroxylation is 1. The van der Waals surface area contributed by atoms with E-state index in [9.17, 15) is 0 Å². The molecule has 2 nitrogen and oxygen atoms in total. The number of aliphatic hydroxyl groups is 1. The lowest BCUT2D eigenvalue weighted by Gasteiger charge is -2.19. The van der Waals surface area contributed by atoms with Crippen molar-refractivity contribution in [2.24, 2.45) is 5.41 Å². The van der Waals surface area contributed by atoms with Gasteiger partial charge in [-0.05, 0) is 24.5 Å². The van der Waals surface area contributed by atoms with Crippen LogP contribution in [-0.4, -0.2) is 11.7 Å².